The predicted octanol–water partition coefficient (Wildman–Crippen LogP) is 0.194. The molecule has 8 heteroatoms. The minimum atomic E-state index is -0.540. The molecule has 2 aromatic rings. The first kappa shape index (κ1) is 18.1. The number of carbonyl (C=O) groups excluding carboxylic acids is 2. The first-order valence-corrected chi connectivity index (χ1v) is 8.51. The maximum absolute atomic E-state index is 12.0. The molecule has 0 unspecified atom stereocenters. The van der Waals surface area contributed by atoms with Crippen LogP contribution in [0.1, 0.15) is 21.7 Å². The van der Waals surface area contributed by atoms with Crippen LogP contribution in [0, 0.1) is 6.92 Å². The largest absolute Gasteiger partial charge is 0.452 e. The Morgan fingerprint density at radius 3 is 2.62 bits per heavy atom. The molecule has 0 spiro atoms. The summed E-state index contributed by atoms with van der Waals surface area (Å²) < 4.78 is 15.2. The van der Waals surface area contributed by atoms with E-state index in [2.05, 4.69) is 10.5 Å². The Kier molecular flexibility index (Phi) is 5.98. The van der Waals surface area contributed by atoms with E-state index in [0.29, 0.717) is 17.1 Å². The number of carbonyl (C=O) groups is 2. The quantitative estimate of drug-likeness (QED) is 0.715. The van der Waals surface area contributed by atoms with Crippen LogP contribution in [-0.4, -0.2) is 49.9 Å². The fourth-order valence-corrected chi connectivity index (χ4v) is 2.70. The van der Waals surface area contributed by atoms with Gasteiger partial charge in [-0.2, -0.15) is 0 Å². The zero-order valence-electron chi connectivity index (χ0n) is 14.6. The Morgan fingerprint density at radius 1 is 1.23 bits per heavy atom. The summed E-state index contributed by atoms with van der Waals surface area (Å²) in [5.74, 6) is -0.143. The molecule has 8 nitrogen and oxygen atoms in total. The van der Waals surface area contributed by atoms with Gasteiger partial charge in [-0.1, -0.05) is 17.3 Å². The van der Waals surface area contributed by atoms with E-state index in [9.17, 15) is 9.59 Å². The average Bonchev–Trinajstić information content (AvgIpc) is 3.06. The predicted molar refractivity (Wildman–Crippen MR) is 91.8 cm³/mol. The lowest BCUT2D eigenvalue weighted by Gasteiger charge is -2.23. The van der Waals surface area contributed by atoms with E-state index < -0.39 is 11.9 Å². The molecule has 1 aliphatic heterocycles. The highest BCUT2D eigenvalue weighted by molar-refractivity contribution is 5.94. The number of anilines is 1. The van der Waals surface area contributed by atoms with E-state index in [1.165, 1.54) is 4.90 Å². The number of amides is 1. The van der Waals surface area contributed by atoms with Crippen LogP contribution in [0.3, 0.4) is 0 Å². The Labute approximate surface area is 151 Å². The summed E-state index contributed by atoms with van der Waals surface area (Å²) in [5.41, 5.74) is 1.56. The normalized spacial score (nSPS) is 14.8. The lowest BCUT2D eigenvalue weighted by molar-refractivity contribution is -0.921. The van der Waals surface area contributed by atoms with Gasteiger partial charge in [0.25, 0.3) is 5.91 Å². The lowest BCUT2D eigenvalue weighted by atomic mass is 10.1. The third-order valence-electron chi connectivity index (χ3n) is 4.07. The third kappa shape index (κ3) is 5.14. The molecule has 2 heterocycles. The summed E-state index contributed by atoms with van der Waals surface area (Å²) >= 11 is 0. The highest BCUT2D eigenvalue weighted by atomic mass is 16.5. The summed E-state index contributed by atoms with van der Waals surface area (Å²) in [6, 6.07) is 8.84. The smallest absolute Gasteiger partial charge is 0.338 e. The molecular weight excluding hydrogens is 338 g/mol. The molecule has 138 valence electrons. The summed E-state index contributed by atoms with van der Waals surface area (Å²) in [7, 11) is 0. The molecule has 1 aromatic carbocycles. The maximum atomic E-state index is 12.0. The number of aryl methyl sites for hydroxylation is 1. The molecule has 26 heavy (non-hydrogen) atoms. The molecule has 0 aliphatic carbocycles. The molecular formula is C18H22N3O5+. The molecule has 3 rings (SSSR count). The number of morpholine rings is 1. The van der Waals surface area contributed by atoms with E-state index in [-0.39, 0.29) is 6.61 Å². The molecule has 1 aromatic heterocycles. The van der Waals surface area contributed by atoms with Crippen molar-refractivity contribution in [2.75, 3.05) is 38.2 Å². The van der Waals surface area contributed by atoms with Crippen molar-refractivity contribution < 1.29 is 28.5 Å². The number of nitrogens with zero attached hydrogens (tertiary/aromatic N) is 1. The van der Waals surface area contributed by atoms with Crippen molar-refractivity contribution in [3.05, 3.63) is 47.2 Å². The topological polar surface area (TPSA) is 95.1 Å². The van der Waals surface area contributed by atoms with Crippen LogP contribution >= 0.6 is 0 Å². The van der Waals surface area contributed by atoms with Crippen molar-refractivity contribution in [1.29, 1.82) is 0 Å². The molecule has 1 fully saturated rings. The van der Waals surface area contributed by atoms with Crippen molar-refractivity contribution in [2.24, 2.45) is 0 Å². The molecule has 1 amide bonds. The minimum absolute atomic E-state index is 0.290. The number of benzene rings is 1. The van der Waals surface area contributed by atoms with Crippen molar-refractivity contribution in [3.8, 4) is 0 Å². The number of esters is 1. The number of nitrogens with one attached hydrogen (secondary N) is 2. The third-order valence-corrected chi connectivity index (χ3v) is 4.07. The first-order valence-electron chi connectivity index (χ1n) is 8.51. The van der Waals surface area contributed by atoms with E-state index >= 15 is 0 Å². The van der Waals surface area contributed by atoms with E-state index in [1.54, 1.807) is 25.1 Å². The Hall–Kier alpha value is -2.71. The van der Waals surface area contributed by atoms with Gasteiger partial charge in [-0.05, 0) is 19.1 Å². The average molecular weight is 360 g/mol. The molecule has 0 radical (unpaired) electrons. The Balaban J connectivity index is 1.45. The van der Waals surface area contributed by atoms with Crippen LogP contribution in [0.25, 0.3) is 0 Å². The van der Waals surface area contributed by atoms with E-state index in [4.69, 9.17) is 14.0 Å². The standard InChI is InChI=1S/C18H21N3O5/c1-13-10-16(20-26-13)19-17(22)12-25-18(23)15-4-2-14(3-5-15)11-21-6-8-24-9-7-21/h2-5,10H,6-9,11-12H2,1H3,(H,19,20,22)/p+1. The second-order valence-electron chi connectivity index (χ2n) is 6.18. The Bertz CT molecular complexity index is 750. The van der Waals surface area contributed by atoms with Crippen molar-refractivity contribution >= 4 is 17.7 Å². The maximum Gasteiger partial charge on any atom is 0.338 e. The SMILES string of the molecule is Cc1cc(NC(=O)COC(=O)c2ccc(C[NH+]3CCOCC3)cc2)no1. The van der Waals surface area contributed by atoms with Crippen LogP contribution in [-0.2, 0) is 20.8 Å². The number of aromatic nitrogens is 1. The highest BCUT2D eigenvalue weighted by Gasteiger charge is 2.15. The van der Waals surface area contributed by atoms with Crippen LogP contribution in [0.2, 0.25) is 0 Å². The van der Waals surface area contributed by atoms with Gasteiger partial charge in [0, 0.05) is 11.6 Å². The van der Waals surface area contributed by atoms with Crippen LogP contribution < -0.4 is 10.2 Å². The number of quaternary nitrogens is 1. The van der Waals surface area contributed by atoms with E-state index in [0.717, 1.165) is 38.4 Å². The van der Waals surface area contributed by atoms with Gasteiger partial charge in [-0.3, -0.25) is 4.79 Å². The van der Waals surface area contributed by atoms with Crippen molar-refractivity contribution in [2.45, 2.75) is 13.5 Å². The molecule has 0 bridgehead atoms. The zero-order valence-corrected chi connectivity index (χ0v) is 14.6. The van der Waals surface area contributed by atoms with Crippen molar-refractivity contribution in [1.82, 2.24) is 5.16 Å². The van der Waals surface area contributed by atoms with Gasteiger partial charge in [-0.25, -0.2) is 4.79 Å². The van der Waals surface area contributed by atoms with Gasteiger partial charge in [0.05, 0.1) is 18.8 Å². The monoisotopic (exact) mass is 360 g/mol. The summed E-state index contributed by atoms with van der Waals surface area (Å²) in [6.45, 7) is 5.79. The number of hydrogen-bond donors (Lipinski definition) is 2. The van der Waals surface area contributed by atoms with Crippen LogP contribution in [0.5, 0.6) is 0 Å². The van der Waals surface area contributed by atoms with E-state index in [1.807, 2.05) is 12.1 Å². The van der Waals surface area contributed by atoms with Gasteiger partial charge < -0.3 is 24.2 Å². The second-order valence-corrected chi connectivity index (χ2v) is 6.18. The molecule has 2 N–H and O–H groups in total. The fourth-order valence-electron chi connectivity index (χ4n) is 2.70. The molecule has 0 atom stereocenters. The van der Waals surface area contributed by atoms with Gasteiger partial charge in [0.15, 0.2) is 12.4 Å². The van der Waals surface area contributed by atoms with Gasteiger partial charge in [0.1, 0.15) is 25.4 Å². The van der Waals surface area contributed by atoms with Gasteiger partial charge >= 0.3 is 5.97 Å². The van der Waals surface area contributed by atoms with Gasteiger partial charge in [-0.15, -0.1) is 0 Å². The zero-order chi connectivity index (χ0) is 18.4. The van der Waals surface area contributed by atoms with Crippen LogP contribution in [0.15, 0.2) is 34.9 Å². The second kappa shape index (κ2) is 8.59. The fraction of sp³-hybridized carbons (Fsp3) is 0.389. The highest BCUT2D eigenvalue weighted by Crippen LogP contribution is 2.08. The lowest BCUT2D eigenvalue weighted by Crippen LogP contribution is -3.12. The molecule has 0 saturated carbocycles. The van der Waals surface area contributed by atoms with Gasteiger partial charge in [0.2, 0.25) is 0 Å². The Morgan fingerprint density at radius 2 is 1.96 bits per heavy atom. The number of ether oxygens (including phenoxy) is 2. The number of rotatable bonds is 6. The minimum Gasteiger partial charge on any atom is -0.452 e. The molecule has 1 aliphatic rings. The number of hydrogen-bond acceptors (Lipinski definition) is 6. The summed E-state index contributed by atoms with van der Waals surface area (Å²) in [6.07, 6.45) is 0. The molecule has 1 saturated heterocycles. The van der Waals surface area contributed by atoms with Crippen LogP contribution in [0.4, 0.5) is 5.82 Å². The van der Waals surface area contributed by atoms with Crippen molar-refractivity contribution in [3.63, 3.8) is 0 Å². The summed E-state index contributed by atoms with van der Waals surface area (Å²) in [4.78, 5) is 25.3. The first-order chi connectivity index (χ1) is 12.6. The summed E-state index contributed by atoms with van der Waals surface area (Å²) in [5, 5.41) is 6.13.